The molecule has 0 saturated heterocycles. The zero-order valence-electron chi connectivity index (χ0n) is 25.1. The van der Waals surface area contributed by atoms with E-state index >= 15 is 0 Å². The van der Waals surface area contributed by atoms with Crippen molar-refractivity contribution in [2.24, 2.45) is 22.6 Å². The summed E-state index contributed by atoms with van der Waals surface area (Å²) in [4.78, 5) is 0. The highest BCUT2D eigenvalue weighted by atomic mass is 14.3. The zero-order valence-corrected chi connectivity index (χ0v) is 23.1. The molecule has 0 atom stereocenters. The van der Waals surface area contributed by atoms with E-state index in [0.717, 1.165) is 25.7 Å². The molecule has 0 aromatic heterocycles. The molecule has 1 aromatic rings. The van der Waals surface area contributed by atoms with Crippen molar-refractivity contribution in [3.8, 4) is 0 Å². The minimum atomic E-state index is -0.134. The average molecular weight is 431 g/mol. The molecule has 3 rings (SSSR count). The van der Waals surface area contributed by atoms with Gasteiger partial charge in [-0.1, -0.05) is 113 Å². The highest BCUT2D eigenvalue weighted by molar-refractivity contribution is 5.38. The first-order chi connectivity index (χ1) is 14.8. The minimum absolute atomic E-state index is 0.118. The van der Waals surface area contributed by atoms with Gasteiger partial charge < -0.3 is 0 Å². The van der Waals surface area contributed by atoms with E-state index in [9.17, 15) is 0 Å². The third kappa shape index (κ3) is 10.1. The van der Waals surface area contributed by atoms with E-state index in [1.54, 1.807) is 0 Å². The molecule has 2 saturated carbocycles. The lowest BCUT2D eigenvalue weighted by Crippen LogP contribution is -2.22. The van der Waals surface area contributed by atoms with E-state index in [0.29, 0.717) is 0 Å². The molecule has 0 heterocycles. The van der Waals surface area contributed by atoms with E-state index in [2.05, 4.69) is 94.4 Å². The molecule has 0 bridgehead atoms. The molecular weight excluding hydrogens is 372 g/mol. The van der Waals surface area contributed by atoms with Gasteiger partial charge in [-0.3, -0.25) is 0 Å². The van der Waals surface area contributed by atoms with Crippen molar-refractivity contribution in [3.63, 3.8) is 0 Å². The monoisotopic (exact) mass is 430 g/mol. The number of rotatable bonds is 0. The molecule has 0 spiro atoms. The Morgan fingerprint density at radius 2 is 0.935 bits per heavy atom. The lowest BCUT2D eigenvalue weighted by Gasteiger charge is -2.33. The zero-order chi connectivity index (χ0) is 25.7. The van der Waals surface area contributed by atoms with Crippen LogP contribution >= 0.6 is 0 Å². The topological polar surface area (TPSA) is 0 Å². The summed E-state index contributed by atoms with van der Waals surface area (Å²) in [7, 11) is 0. The van der Waals surface area contributed by atoms with Gasteiger partial charge in [-0.05, 0) is 84.3 Å². The second-order valence-electron chi connectivity index (χ2n) is 13.0. The molecule has 0 N–H and O–H groups in total. The number of benzene rings is 1. The van der Waals surface area contributed by atoms with Crippen LogP contribution < -0.4 is 0 Å². The fourth-order valence-electron chi connectivity index (χ4n) is 5.28. The molecule has 2 fully saturated rings. The number of hydrogen-bond acceptors (Lipinski definition) is 0. The van der Waals surface area contributed by atoms with Gasteiger partial charge in [0.25, 0.3) is 0 Å². The smallest absolute Gasteiger partial charge is 0.0308 e. The lowest BCUT2D eigenvalue weighted by molar-refractivity contribution is 0.180. The molecule has 180 valence electrons. The molecule has 0 nitrogen and oxygen atoms in total. The maximum atomic E-state index is 8.27. The van der Waals surface area contributed by atoms with Crippen LogP contribution in [0.25, 0.3) is 0 Å². The van der Waals surface area contributed by atoms with Gasteiger partial charge in [0.05, 0.1) is 0 Å². The molecule has 31 heavy (non-hydrogen) atoms. The summed E-state index contributed by atoms with van der Waals surface area (Å²) in [6.07, 6.45) is 10.8. The molecule has 2 aliphatic carbocycles. The lowest BCUT2D eigenvalue weighted by atomic mass is 9.72. The van der Waals surface area contributed by atoms with Crippen LogP contribution in [0, 0.1) is 36.5 Å². The first kappa shape index (κ1) is 24.9. The summed E-state index contributed by atoms with van der Waals surface area (Å²) >= 11 is 0. The van der Waals surface area contributed by atoms with Crippen LogP contribution in [-0.2, 0) is 5.41 Å². The van der Waals surface area contributed by atoms with Gasteiger partial charge in [0.1, 0.15) is 0 Å². The molecule has 0 aliphatic heterocycles. The Balaban J connectivity index is 0.000000249. The van der Waals surface area contributed by atoms with Crippen molar-refractivity contribution in [1.82, 2.24) is 0 Å². The highest BCUT2D eigenvalue weighted by Crippen LogP contribution is 2.39. The van der Waals surface area contributed by atoms with Gasteiger partial charge >= 0.3 is 0 Å². The van der Waals surface area contributed by atoms with Crippen LogP contribution in [-0.4, -0.2) is 0 Å². The van der Waals surface area contributed by atoms with Crippen molar-refractivity contribution in [2.45, 2.75) is 139 Å². The first-order valence-corrected chi connectivity index (χ1v) is 12.9. The van der Waals surface area contributed by atoms with Gasteiger partial charge in [0.2, 0.25) is 0 Å². The van der Waals surface area contributed by atoms with Crippen molar-refractivity contribution in [1.29, 1.82) is 0 Å². The van der Waals surface area contributed by atoms with Crippen LogP contribution in [0.5, 0.6) is 0 Å². The Morgan fingerprint density at radius 3 is 1.16 bits per heavy atom. The third-order valence-electron chi connectivity index (χ3n) is 7.02. The average Bonchev–Trinajstić information content (AvgIpc) is 3.09. The Kier molecular flexibility index (Phi) is 9.54. The molecular formula is C31H56. The normalized spacial score (nSPS) is 21.6. The Labute approximate surface area is 199 Å². The maximum Gasteiger partial charge on any atom is 0.0308 e. The number of hydrogen-bond donors (Lipinski definition) is 0. The summed E-state index contributed by atoms with van der Waals surface area (Å²) in [5.74, 6) is -0.252. The Hall–Kier alpha value is -0.780. The van der Waals surface area contributed by atoms with Gasteiger partial charge in [-0.2, -0.15) is 0 Å². The second kappa shape index (κ2) is 11.9. The fourth-order valence-corrected chi connectivity index (χ4v) is 5.28. The van der Waals surface area contributed by atoms with E-state index < -0.39 is 0 Å². The van der Waals surface area contributed by atoms with E-state index in [1.165, 1.54) is 48.8 Å². The Morgan fingerprint density at radius 1 is 0.613 bits per heavy atom. The van der Waals surface area contributed by atoms with E-state index in [4.69, 9.17) is 2.74 Å². The van der Waals surface area contributed by atoms with Crippen LogP contribution in [0.1, 0.15) is 140 Å². The minimum Gasteiger partial charge on any atom is -0.0617 e. The van der Waals surface area contributed by atoms with Crippen LogP contribution in [0.15, 0.2) is 18.2 Å². The highest BCUT2D eigenvalue weighted by Gasteiger charge is 2.27. The van der Waals surface area contributed by atoms with Gasteiger partial charge in [0, 0.05) is 2.74 Å². The van der Waals surface area contributed by atoms with Crippen molar-refractivity contribution in [2.75, 3.05) is 0 Å². The summed E-state index contributed by atoms with van der Waals surface area (Å²) < 4.78 is 16.4. The maximum absolute atomic E-state index is 8.27. The van der Waals surface area contributed by atoms with Crippen LogP contribution in [0.4, 0.5) is 0 Å². The Bertz CT molecular complexity index is 693. The molecule has 1 aromatic carbocycles. The standard InChI is InChI=1S/C12H18.C10H20.C9H18/c1-9-7-6-8-10(2)11(9)12(3,4)5;1-10(2,3)9-7-5-4-6-8-9;1-9(2,3)8-6-4-5-7-8/h6-8H,1-5H3;9H,4-8H2,1-3H3;8H,4-7H2,1-3H3/i;9D;8D. The molecule has 0 amide bonds. The molecule has 0 unspecified atom stereocenters. The summed E-state index contributed by atoms with van der Waals surface area (Å²) in [6.45, 7) is 24.3. The van der Waals surface area contributed by atoms with Gasteiger partial charge in [-0.25, -0.2) is 0 Å². The fraction of sp³-hybridized carbons (Fsp3) is 0.806. The van der Waals surface area contributed by atoms with Gasteiger partial charge in [-0.15, -0.1) is 0 Å². The third-order valence-corrected chi connectivity index (χ3v) is 7.02. The number of aryl methyl sites for hydroxylation is 2. The largest absolute Gasteiger partial charge is 0.0617 e. The summed E-state index contributed by atoms with van der Waals surface area (Å²) in [5, 5.41) is 0. The quantitative estimate of drug-likeness (QED) is 0.384. The summed E-state index contributed by atoms with van der Waals surface area (Å²) in [6, 6.07) is 6.50. The molecule has 0 radical (unpaired) electrons. The van der Waals surface area contributed by atoms with E-state index in [1.807, 2.05) is 0 Å². The predicted molar refractivity (Wildman–Crippen MR) is 142 cm³/mol. The molecule has 2 aliphatic rings. The molecule has 0 heteroatoms. The summed E-state index contributed by atoms with van der Waals surface area (Å²) in [5.41, 5.74) is 4.93. The van der Waals surface area contributed by atoms with Crippen molar-refractivity contribution >= 4 is 0 Å². The predicted octanol–water partition coefficient (Wildman–Crippen LogP) is 10.4. The van der Waals surface area contributed by atoms with Crippen molar-refractivity contribution < 1.29 is 2.74 Å². The SMILES string of the molecule is Cc1cccc(C)c1C(C)(C)C.[2H]C1(C(C)(C)C)CCCC1.[2H]C1(C(C)(C)C)CCCCC1. The first-order valence-electron chi connectivity index (χ1n) is 13.9. The van der Waals surface area contributed by atoms with E-state index in [-0.39, 0.29) is 28.0 Å². The van der Waals surface area contributed by atoms with Gasteiger partial charge in [0.15, 0.2) is 0 Å². The van der Waals surface area contributed by atoms with Crippen molar-refractivity contribution in [3.05, 3.63) is 34.9 Å². The van der Waals surface area contributed by atoms with Crippen LogP contribution in [0.3, 0.4) is 0 Å². The van der Waals surface area contributed by atoms with Crippen LogP contribution in [0.2, 0.25) is 0 Å². The second-order valence-corrected chi connectivity index (χ2v) is 13.0.